The highest BCUT2D eigenvalue weighted by Crippen LogP contribution is 2.24. The molecule has 18 heavy (non-hydrogen) atoms. The number of nitrogen functional groups attached to an aromatic ring is 1. The van der Waals surface area contributed by atoms with Crippen LogP contribution in [0.1, 0.15) is 0 Å². The fourth-order valence-corrected chi connectivity index (χ4v) is 2.07. The number of nitrogens with two attached hydrogens (primary N) is 1. The predicted octanol–water partition coefficient (Wildman–Crippen LogP) is 3.11. The molecule has 0 radical (unpaired) electrons. The molecule has 2 heterocycles. The van der Waals surface area contributed by atoms with E-state index in [1.165, 1.54) is 6.07 Å². The minimum absolute atomic E-state index is 0.308. The monoisotopic (exact) mass is 306 g/mol. The highest BCUT2D eigenvalue weighted by atomic mass is 79.9. The zero-order valence-corrected chi connectivity index (χ0v) is 10.7. The van der Waals surface area contributed by atoms with Crippen LogP contribution in [0.4, 0.5) is 10.2 Å². The molecule has 3 N–H and O–H groups in total. The third-order valence-electron chi connectivity index (χ3n) is 2.56. The van der Waals surface area contributed by atoms with Gasteiger partial charge in [0.2, 0.25) is 0 Å². The first kappa shape index (κ1) is 11.2. The summed E-state index contributed by atoms with van der Waals surface area (Å²) in [5, 5.41) is 0. The maximum absolute atomic E-state index is 13.2. The van der Waals surface area contributed by atoms with E-state index in [9.17, 15) is 4.39 Å². The van der Waals surface area contributed by atoms with Crippen molar-refractivity contribution in [2.45, 2.75) is 0 Å². The number of H-pyrrole nitrogens is 1. The standard InChI is InChI=1S/C12H8BrFN4/c13-7-5-6(1-2-8(7)14)11-16-9-3-4-10(15)17-12(9)18-11/h1-5H,(H3,15,16,17,18). The summed E-state index contributed by atoms with van der Waals surface area (Å²) in [6.45, 7) is 0. The molecule has 0 amide bonds. The Morgan fingerprint density at radius 3 is 2.78 bits per heavy atom. The lowest BCUT2D eigenvalue weighted by atomic mass is 10.2. The number of pyridine rings is 1. The Morgan fingerprint density at radius 2 is 2.00 bits per heavy atom. The molecule has 6 heteroatoms. The topological polar surface area (TPSA) is 67.6 Å². The van der Waals surface area contributed by atoms with Gasteiger partial charge in [-0.3, -0.25) is 0 Å². The number of anilines is 1. The van der Waals surface area contributed by atoms with Gasteiger partial charge in [-0.1, -0.05) is 0 Å². The van der Waals surface area contributed by atoms with Gasteiger partial charge in [0, 0.05) is 5.56 Å². The fourth-order valence-electron chi connectivity index (χ4n) is 1.69. The van der Waals surface area contributed by atoms with Crippen molar-refractivity contribution in [1.29, 1.82) is 0 Å². The van der Waals surface area contributed by atoms with Crippen molar-refractivity contribution in [3.05, 3.63) is 40.6 Å². The lowest BCUT2D eigenvalue weighted by Gasteiger charge is -1.98. The van der Waals surface area contributed by atoms with Crippen LogP contribution in [0, 0.1) is 5.82 Å². The van der Waals surface area contributed by atoms with Crippen LogP contribution < -0.4 is 5.73 Å². The number of imidazole rings is 1. The van der Waals surface area contributed by atoms with Crippen molar-refractivity contribution in [2.75, 3.05) is 5.73 Å². The largest absolute Gasteiger partial charge is 0.384 e. The second-order valence-electron chi connectivity index (χ2n) is 3.82. The number of rotatable bonds is 1. The van der Waals surface area contributed by atoms with Crippen LogP contribution in [0.5, 0.6) is 0 Å². The maximum Gasteiger partial charge on any atom is 0.180 e. The second-order valence-corrected chi connectivity index (χ2v) is 4.68. The summed E-state index contributed by atoms with van der Waals surface area (Å²) in [6.07, 6.45) is 0. The average Bonchev–Trinajstić information content (AvgIpc) is 2.75. The van der Waals surface area contributed by atoms with Crippen molar-refractivity contribution in [2.24, 2.45) is 0 Å². The Bertz CT molecular complexity index is 738. The number of hydrogen-bond donors (Lipinski definition) is 2. The van der Waals surface area contributed by atoms with E-state index in [-0.39, 0.29) is 5.82 Å². The molecule has 1 aromatic carbocycles. The quantitative estimate of drug-likeness (QED) is 0.726. The van der Waals surface area contributed by atoms with Crippen LogP contribution in [-0.2, 0) is 0 Å². The number of aromatic nitrogens is 3. The molecule has 90 valence electrons. The molecule has 0 bridgehead atoms. The van der Waals surface area contributed by atoms with E-state index in [4.69, 9.17) is 5.73 Å². The Hall–Kier alpha value is -1.95. The van der Waals surface area contributed by atoms with Gasteiger partial charge in [-0.05, 0) is 46.3 Å². The van der Waals surface area contributed by atoms with E-state index in [0.717, 1.165) is 11.1 Å². The number of aromatic amines is 1. The summed E-state index contributed by atoms with van der Waals surface area (Å²) >= 11 is 3.15. The summed E-state index contributed by atoms with van der Waals surface area (Å²) < 4.78 is 13.6. The van der Waals surface area contributed by atoms with E-state index >= 15 is 0 Å². The van der Waals surface area contributed by atoms with E-state index in [1.54, 1.807) is 18.2 Å². The van der Waals surface area contributed by atoms with Crippen LogP contribution in [0.15, 0.2) is 34.8 Å². The second kappa shape index (κ2) is 4.06. The zero-order chi connectivity index (χ0) is 12.7. The summed E-state index contributed by atoms with van der Waals surface area (Å²) in [4.78, 5) is 11.5. The van der Waals surface area contributed by atoms with Gasteiger partial charge < -0.3 is 10.7 Å². The van der Waals surface area contributed by atoms with Gasteiger partial charge in [0.15, 0.2) is 5.65 Å². The molecular weight excluding hydrogens is 299 g/mol. The molecule has 0 aliphatic rings. The number of benzene rings is 1. The Kier molecular flexibility index (Phi) is 2.52. The van der Waals surface area contributed by atoms with Gasteiger partial charge >= 0.3 is 0 Å². The molecule has 0 spiro atoms. The molecule has 4 nitrogen and oxygen atoms in total. The van der Waals surface area contributed by atoms with E-state index in [0.29, 0.717) is 21.8 Å². The third-order valence-corrected chi connectivity index (χ3v) is 3.17. The Balaban J connectivity index is 2.16. The van der Waals surface area contributed by atoms with Crippen molar-refractivity contribution in [3.8, 4) is 11.4 Å². The Morgan fingerprint density at radius 1 is 1.17 bits per heavy atom. The number of halogens is 2. The molecule has 3 aromatic rings. The molecule has 0 aliphatic carbocycles. The van der Waals surface area contributed by atoms with Gasteiger partial charge in [-0.2, -0.15) is 0 Å². The van der Waals surface area contributed by atoms with Gasteiger partial charge in [0.1, 0.15) is 17.5 Å². The first-order chi connectivity index (χ1) is 8.63. The van der Waals surface area contributed by atoms with Crippen LogP contribution in [0.3, 0.4) is 0 Å². The number of hydrogen-bond acceptors (Lipinski definition) is 3. The third kappa shape index (κ3) is 1.84. The van der Waals surface area contributed by atoms with Gasteiger partial charge in [-0.25, -0.2) is 14.4 Å². The minimum Gasteiger partial charge on any atom is -0.384 e. The molecule has 2 aromatic heterocycles. The van der Waals surface area contributed by atoms with Crippen LogP contribution in [0.25, 0.3) is 22.6 Å². The molecule has 3 rings (SSSR count). The summed E-state index contributed by atoms with van der Waals surface area (Å²) in [5.41, 5.74) is 7.71. The molecule has 0 atom stereocenters. The average molecular weight is 307 g/mol. The Labute approximate surface area is 110 Å². The molecule has 0 aliphatic heterocycles. The number of nitrogens with one attached hydrogen (secondary N) is 1. The normalized spacial score (nSPS) is 11.0. The SMILES string of the molecule is Nc1ccc2[nH]c(-c3ccc(F)c(Br)c3)nc2n1. The van der Waals surface area contributed by atoms with E-state index < -0.39 is 0 Å². The van der Waals surface area contributed by atoms with Crippen LogP contribution in [0.2, 0.25) is 0 Å². The van der Waals surface area contributed by atoms with Crippen molar-refractivity contribution in [1.82, 2.24) is 15.0 Å². The summed E-state index contributed by atoms with van der Waals surface area (Å²) in [7, 11) is 0. The van der Waals surface area contributed by atoms with Gasteiger partial charge in [-0.15, -0.1) is 0 Å². The van der Waals surface area contributed by atoms with E-state index in [2.05, 4.69) is 30.9 Å². The summed E-state index contributed by atoms with van der Waals surface area (Å²) in [6, 6.07) is 8.21. The molecule has 0 saturated heterocycles. The molecule has 0 fully saturated rings. The van der Waals surface area contributed by atoms with Crippen molar-refractivity contribution in [3.63, 3.8) is 0 Å². The highest BCUT2D eigenvalue weighted by molar-refractivity contribution is 9.10. The highest BCUT2D eigenvalue weighted by Gasteiger charge is 2.08. The lowest BCUT2D eigenvalue weighted by molar-refractivity contribution is 0.621. The molecule has 0 saturated carbocycles. The van der Waals surface area contributed by atoms with Crippen molar-refractivity contribution >= 4 is 32.9 Å². The van der Waals surface area contributed by atoms with Crippen molar-refractivity contribution < 1.29 is 4.39 Å². The number of nitrogens with zero attached hydrogens (tertiary/aromatic N) is 2. The van der Waals surface area contributed by atoms with Gasteiger partial charge in [0.25, 0.3) is 0 Å². The molecular formula is C12H8BrFN4. The van der Waals surface area contributed by atoms with Crippen LogP contribution in [-0.4, -0.2) is 15.0 Å². The lowest BCUT2D eigenvalue weighted by Crippen LogP contribution is -1.88. The summed E-state index contributed by atoms with van der Waals surface area (Å²) in [5.74, 6) is 0.738. The predicted molar refractivity (Wildman–Crippen MR) is 71.4 cm³/mol. The first-order valence-electron chi connectivity index (χ1n) is 5.21. The minimum atomic E-state index is -0.308. The smallest absolute Gasteiger partial charge is 0.180 e. The number of fused-ring (bicyclic) bond motifs is 1. The first-order valence-corrected chi connectivity index (χ1v) is 6.00. The fraction of sp³-hybridized carbons (Fsp3) is 0. The van der Waals surface area contributed by atoms with Gasteiger partial charge in [0.05, 0.1) is 9.99 Å². The van der Waals surface area contributed by atoms with E-state index in [1.807, 2.05) is 6.07 Å². The zero-order valence-electron chi connectivity index (χ0n) is 9.11. The molecule has 0 unspecified atom stereocenters. The van der Waals surface area contributed by atoms with Crippen LogP contribution >= 0.6 is 15.9 Å². The maximum atomic E-state index is 13.2.